The molecule has 0 radical (unpaired) electrons. The summed E-state index contributed by atoms with van der Waals surface area (Å²) in [5, 5.41) is 6.47. The van der Waals surface area contributed by atoms with Crippen molar-refractivity contribution in [1.82, 2.24) is 25.5 Å². The van der Waals surface area contributed by atoms with E-state index in [1.54, 1.807) is 18.5 Å². The predicted molar refractivity (Wildman–Crippen MR) is 121 cm³/mol. The minimum atomic E-state index is 0.137. The van der Waals surface area contributed by atoms with E-state index in [9.17, 15) is 4.79 Å². The fraction of sp³-hybridized carbons (Fsp3) is 0.455. The summed E-state index contributed by atoms with van der Waals surface area (Å²) in [6.07, 6.45) is 3.89. The number of benzene rings is 1. The number of ether oxygens (including phenoxy) is 2. The molecule has 2 aliphatic rings. The molecule has 1 aromatic carbocycles. The molecule has 1 aromatic heterocycles. The van der Waals surface area contributed by atoms with E-state index in [-0.39, 0.29) is 12.7 Å². The third-order valence-electron chi connectivity index (χ3n) is 5.30. The zero-order chi connectivity index (χ0) is 22.2. The third-order valence-corrected chi connectivity index (χ3v) is 5.30. The molecule has 1 fully saturated rings. The average molecular weight is 440 g/mol. The summed E-state index contributed by atoms with van der Waals surface area (Å²) in [6.45, 7) is 6.87. The zero-order valence-corrected chi connectivity index (χ0v) is 18.3. The highest BCUT2D eigenvalue weighted by atomic mass is 16.7. The Hall–Kier alpha value is -3.56. The van der Waals surface area contributed by atoms with Gasteiger partial charge in [0.05, 0.1) is 6.54 Å². The molecular weight excluding hydrogens is 410 g/mol. The molecular formula is C22H29N7O3. The Balaban J connectivity index is 1.22. The van der Waals surface area contributed by atoms with Gasteiger partial charge in [0, 0.05) is 58.1 Å². The SMILES string of the molecule is CCNC(=NCc1ccc2c(c1)OCO2)NCCC(=O)N1CCN(c2ncccn2)CC1. The first-order valence-electron chi connectivity index (χ1n) is 10.9. The highest BCUT2D eigenvalue weighted by molar-refractivity contribution is 5.81. The van der Waals surface area contributed by atoms with Gasteiger partial charge in [0.25, 0.3) is 0 Å². The van der Waals surface area contributed by atoms with Crippen LogP contribution in [0.15, 0.2) is 41.7 Å². The molecule has 0 bridgehead atoms. The number of amides is 1. The number of anilines is 1. The number of aliphatic imine (C=N–C) groups is 1. The normalized spacial score (nSPS) is 15.6. The van der Waals surface area contributed by atoms with Crippen LogP contribution in [0.25, 0.3) is 0 Å². The van der Waals surface area contributed by atoms with Crippen LogP contribution < -0.4 is 25.0 Å². The monoisotopic (exact) mass is 439 g/mol. The summed E-state index contributed by atoms with van der Waals surface area (Å²) in [5.41, 5.74) is 1.03. The first kappa shape index (κ1) is 21.7. The number of hydrogen-bond acceptors (Lipinski definition) is 7. The van der Waals surface area contributed by atoms with Crippen LogP contribution in [-0.2, 0) is 11.3 Å². The van der Waals surface area contributed by atoms with E-state index in [1.165, 1.54) is 0 Å². The standard InChI is InChI=1S/C22H29N7O3/c1-2-23-21(27-15-17-4-5-18-19(14-17)32-16-31-18)24-9-6-20(30)28-10-12-29(13-11-28)22-25-7-3-8-26-22/h3-5,7-8,14H,2,6,9-13,15-16H2,1H3,(H2,23,24,27). The number of hydrogen-bond donors (Lipinski definition) is 2. The zero-order valence-electron chi connectivity index (χ0n) is 18.3. The van der Waals surface area contributed by atoms with Crippen LogP contribution in [-0.4, -0.2) is 72.8 Å². The average Bonchev–Trinajstić information content (AvgIpc) is 3.31. The molecule has 3 heterocycles. The van der Waals surface area contributed by atoms with Gasteiger partial charge in [-0.1, -0.05) is 6.07 Å². The van der Waals surface area contributed by atoms with E-state index in [2.05, 4.69) is 30.5 Å². The molecule has 0 saturated carbocycles. The van der Waals surface area contributed by atoms with Crippen molar-refractivity contribution in [1.29, 1.82) is 0 Å². The van der Waals surface area contributed by atoms with Gasteiger partial charge < -0.3 is 29.9 Å². The van der Waals surface area contributed by atoms with Crippen LogP contribution >= 0.6 is 0 Å². The molecule has 2 N–H and O–H groups in total. The topological polar surface area (TPSA) is 104 Å². The number of nitrogens with zero attached hydrogens (tertiary/aromatic N) is 5. The second-order valence-corrected chi connectivity index (χ2v) is 7.48. The van der Waals surface area contributed by atoms with Gasteiger partial charge in [0.2, 0.25) is 18.6 Å². The van der Waals surface area contributed by atoms with Crippen molar-refractivity contribution >= 4 is 17.8 Å². The molecule has 2 aromatic rings. The van der Waals surface area contributed by atoms with Crippen molar-refractivity contribution in [2.24, 2.45) is 4.99 Å². The number of rotatable bonds is 7. The minimum absolute atomic E-state index is 0.137. The number of piperazine rings is 1. The van der Waals surface area contributed by atoms with Crippen molar-refractivity contribution < 1.29 is 14.3 Å². The lowest BCUT2D eigenvalue weighted by Crippen LogP contribution is -2.50. The minimum Gasteiger partial charge on any atom is -0.454 e. The Morgan fingerprint density at radius 1 is 1.09 bits per heavy atom. The number of guanidine groups is 1. The van der Waals surface area contributed by atoms with E-state index >= 15 is 0 Å². The molecule has 2 aliphatic heterocycles. The van der Waals surface area contributed by atoms with Crippen LogP contribution in [0.4, 0.5) is 5.95 Å². The van der Waals surface area contributed by atoms with Crippen LogP contribution in [0, 0.1) is 0 Å². The van der Waals surface area contributed by atoms with E-state index in [1.807, 2.05) is 30.0 Å². The molecule has 0 spiro atoms. The number of nitrogens with one attached hydrogen (secondary N) is 2. The number of carbonyl (C=O) groups is 1. The van der Waals surface area contributed by atoms with Crippen LogP contribution in [0.2, 0.25) is 0 Å². The van der Waals surface area contributed by atoms with Crippen LogP contribution in [0.5, 0.6) is 11.5 Å². The molecule has 1 saturated heterocycles. The number of fused-ring (bicyclic) bond motifs is 1. The maximum absolute atomic E-state index is 12.6. The lowest BCUT2D eigenvalue weighted by atomic mass is 10.2. The summed E-state index contributed by atoms with van der Waals surface area (Å²) in [6, 6.07) is 7.62. The van der Waals surface area contributed by atoms with Crippen LogP contribution in [0.3, 0.4) is 0 Å². The summed E-state index contributed by atoms with van der Waals surface area (Å²) >= 11 is 0. The highest BCUT2D eigenvalue weighted by Gasteiger charge is 2.22. The lowest BCUT2D eigenvalue weighted by molar-refractivity contribution is -0.131. The fourth-order valence-corrected chi connectivity index (χ4v) is 3.61. The molecule has 32 heavy (non-hydrogen) atoms. The van der Waals surface area contributed by atoms with Crippen molar-refractivity contribution in [3.8, 4) is 11.5 Å². The van der Waals surface area contributed by atoms with Gasteiger partial charge in [-0.15, -0.1) is 0 Å². The third kappa shape index (κ3) is 5.57. The summed E-state index contributed by atoms with van der Waals surface area (Å²) in [5.74, 6) is 3.05. The molecule has 10 heteroatoms. The van der Waals surface area contributed by atoms with Gasteiger partial charge in [-0.3, -0.25) is 4.79 Å². The first-order valence-corrected chi connectivity index (χ1v) is 10.9. The molecule has 0 unspecified atom stereocenters. The van der Waals surface area contributed by atoms with E-state index < -0.39 is 0 Å². The molecule has 170 valence electrons. The smallest absolute Gasteiger partial charge is 0.231 e. The lowest BCUT2D eigenvalue weighted by Gasteiger charge is -2.34. The molecule has 4 rings (SSSR count). The first-order chi connectivity index (χ1) is 15.7. The number of aromatic nitrogens is 2. The second kappa shape index (κ2) is 10.7. The largest absolute Gasteiger partial charge is 0.454 e. The van der Waals surface area contributed by atoms with Crippen molar-refractivity contribution in [2.45, 2.75) is 19.9 Å². The fourth-order valence-electron chi connectivity index (χ4n) is 3.61. The second-order valence-electron chi connectivity index (χ2n) is 7.48. The quantitative estimate of drug-likeness (QED) is 0.486. The molecule has 10 nitrogen and oxygen atoms in total. The van der Waals surface area contributed by atoms with E-state index in [0.717, 1.165) is 42.6 Å². The number of carbonyl (C=O) groups excluding carboxylic acids is 1. The van der Waals surface area contributed by atoms with Gasteiger partial charge in [-0.05, 0) is 30.7 Å². The molecule has 0 aliphatic carbocycles. The Morgan fingerprint density at radius 2 is 1.88 bits per heavy atom. The molecule has 1 amide bonds. The molecule has 0 atom stereocenters. The maximum atomic E-state index is 12.6. The van der Waals surface area contributed by atoms with Gasteiger partial charge in [-0.2, -0.15) is 0 Å². The Kier molecular flexibility index (Phi) is 7.21. The van der Waals surface area contributed by atoms with Crippen LogP contribution in [0.1, 0.15) is 18.9 Å². The predicted octanol–water partition coefficient (Wildman–Crippen LogP) is 0.999. The van der Waals surface area contributed by atoms with E-state index in [4.69, 9.17) is 9.47 Å². The van der Waals surface area contributed by atoms with Gasteiger partial charge in [-0.25, -0.2) is 15.0 Å². The Labute approximate surface area is 187 Å². The van der Waals surface area contributed by atoms with Crippen molar-refractivity contribution in [2.75, 3.05) is 51.0 Å². The Morgan fingerprint density at radius 3 is 2.66 bits per heavy atom. The summed E-state index contributed by atoms with van der Waals surface area (Å²) in [4.78, 5) is 29.8. The summed E-state index contributed by atoms with van der Waals surface area (Å²) in [7, 11) is 0. The highest BCUT2D eigenvalue weighted by Crippen LogP contribution is 2.32. The Bertz CT molecular complexity index is 930. The van der Waals surface area contributed by atoms with Gasteiger partial charge >= 0.3 is 0 Å². The summed E-state index contributed by atoms with van der Waals surface area (Å²) < 4.78 is 10.8. The van der Waals surface area contributed by atoms with Gasteiger partial charge in [0.1, 0.15) is 0 Å². The van der Waals surface area contributed by atoms with Gasteiger partial charge in [0.15, 0.2) is 17.5 Å². The maximum Gasteiger partial charge on any atom is 0.231 e. The van der Waals surface area contributed by atoms with Crippen molar-refractivity contribution in [3.63, 3.8) is 0 Å². The van der Waals surface area contributed by atoms with E-state index in [0.29, 0.717) is 38.6 Å². The van der Waals surface area contributed by atoms with Crippen molar-refractivity contribution in [3.05, 3.63) is 42.2 Å².